The molecule has 132 valence electrons. The molecule has 3 aromatic rings. The molecule has 0 bridgehead atoms. The zero-order valence-electron chi connectivity index (χ0n) is 14.9. The van der Waals surface area contributed by atoms with Crippen LogP contribution < -0.4 is 15.0 Å². The Kier molecular flexibility index (Phi) is 5.12. The molecule has 0 saturated carbocycles. The van der Waals surface area contributed by atoms with Crippen LogP contribution in [-0.2, 0) is 0 Å². The number of ether oxygens (including phenoxy) is 1. The molecule has 0 aliphatic rings. The lowest BCUT2D eigenvalue weighted by Crippen LogP contribution is -2.27. The number of nitrogens with one attached hydrogen (secondary N) is 1. The van der Waals surface area contributed by atoms with E-state index in [1.807, 2.05) is 61.5 Å². The monoisotopic (exact) mass is 348 g/mol. The van der Waals surface area contributed by atoms with E-state index in [1.54, 1.807) is 25.1 Å². The third-order valence-corrected chi connectivity index (χ3v) is 3.85. The van der Waals surface area contributed by atoms with Crippen LogP contribution in [0.15, 0.2) is 60.7 Å². The number of rotatable bonds is 5. The van der Waals surface area contributed by atoms with E-state index in [-0.39, 0.29) is 5.91 Å². The van der Waals surface area contributed by atoms with Gasteiger partial charge < -0.3 is 15.0 Å². The van der Waals surface area contributed by atoms with Gasteiger partial charge in [0.15, 0.2) is 0 Å². The van der Waals surface area contributed by atoms with E-state index in [9.17, 15) is 4.79 Å². The molecule has 1 aromatic heterocycles. The van der Waals surface area contributed by atoms with Crippen molar-refractivity contribution in [3.05, 3.63) is 72.1 Å². The van der Waals surface area contributed by atoms with Crippen LogP contribution in [0.5, 0.6) is 5.75 Å². The van der Waals surface area contributed by atoms with Crippen molar-refractivity contribution >= 4 is 23.2 Å². The second kappa shape index (κ2) is 7.65. The van der Waals surface area contributed by atoms with Crippen molar-refractivity contribution < 1.29 is 9.53 Å². The molecule has 26 heavy (non-hydrogen) atoms. The van der Waals surface area contributed by atoms with Crippen LogP contribution in [0.1, 0.15) is 16.2 Å². The van der Waals surface area contributed by atoms with Crippen molar-refractivity contribution in [2.75, 3.05) is 24.4 Å². The van der Waals surface area contributed by atoms with E-state index in [0.717, 1.165) is 17.1 Å². The number of aryl methyl sites for hydroxylation is 1. The fourth-order valence-corrected chi connectivity index (χ4v) is 2.50. The van der Waals surface area contributed by atoms with Gasteiger partial charge in [0.25, 0.3) is 5.91 Å². The number of hydrogen-bond donors (Lipinski definition) is 1. The average molecular weight is 348 g/mol. The summed E-state index contributed by atoms with van der Waals surface area (Å²) in [5.74, 6) is 0.890. The predicted octanol–water partition coefficient (Wildman–Crippen LogP) is 3.81. The minimum atomic E-state index is -0.199. The molecule has 0 saturated heterocycles. The Morgan fingerprint density at radius 2 is 1.81 bits per heavy atom. The van der Waals surface area contributed by atoms with Crippen molar-refractivity contribution in [3.63, 3.8) is 0 Å². The smallest absolute Gasteiger partial charge is 0.276 e. The molecule has 0 spiro atoms. The maximum atomic E-state index is 12.8. The first-order valence-corrected chi connectivity index (χ1v) is 8.16. The number of aromatic nitrogens is 2. The fraction of sp³-hybridized carbons (Fsp3) is 0.150. The summed E-state index contributed by atoms with van der Waals surface area (Å²) in [5.41, 5.74) is 2.62. The molecule has 2 aromatic carbocycles. The summed E-state index contributed by atoms with van der Waals surface area (Å²) < 4.78 is 5.22. The molecule has 0 fully saturated rings. The molecule has 0 aliphatic carbocycles. The molecular formula is C20H20N4O2. The molecule has 0 atom stereocenters. The van der Waals surface area contributed by atoms with Gasteiger partial charge in [0.2, 0.25) is 5.95 Å². The largest absolute Gasteiger partial charge is 0.497 e. The summed E-state index contributed by atoms with van der Waals surface area (Å²) in [6.07, 6.45) is 0. The molecule has 1 heterocycles. The lowest BCUT2D eigenvalue weighted by molar-refractivity contribution is 0.0988. The summed E-state index contributed by atoms with van der Waals surface area (Å²) in [7, 11) is 3.34. The number of carbonyl (C=O) groups is 1. The first-order valence-electron chi connectivity index (χ1n) is 8.16. The van der Waals surface area contributed by atoms with E-state index in [2.05, 4.69) is 15.3 Å². The van der Waals surface area contributed by atoms with Gasteiger partial charge in [-0.15, -0.1) is 0 Å². The number of benzene rings is 2. The molecule has 0 radical (unpaired) electrons. The Labute approximate surface area is 152 Å². The highest BCUT2D eigenvalue weighted by molar-refractivity contribution is 6.04. The van der Waals surface area contributed by atoms with Gasteiger partial charge in [0, 0.05) is 30.2 Å². The van der Waals surface area contributed by atoms with Gasteiger partial charge in [-0.05, 0) is 37.3 Å². The Bertz CT molecular complexity index is 913. The van der Waals surface area contributed by atoms with Gasteiger partial charge in [-0.3, -0.25) is 4.79 Å². The third-order valence-electron chi connectivity index (χ3n) is 3.85. The van der Waals surface area contributed by atoms with E-state index in [1.165, 1.54) is 0 Å². The normalized spacial score (nSPS) is 10.3. The third kappa shape index (κ3) is 3.97. The molecule has 1 amide bonds. The number of nitrogens with zero attached hydrogens (tertiary/aromatic N) is 3. The van der Waals surface area contributed by atoms with Gasteiger partial charge in [0.1, 0.15) is 11.4 Å². The van der Waals surface area contributed by atoms with E-state index in [0.29, 0.717) is 17.3 Å². The van der Waals surface area contributed by atoms with Crippen molar-refractivity contribution in [1.82, 2.24) is 9.97 Å². The number of methoxy groups -OCH3 is 1. The lowest BCUT2D eigenvalue weighted by Gasteiger charge is -2.17. The second-order valence-corrected chi connectivity index (χ2v) is 5.77. The van der Waals surface area contributed by atoms with Gasteiger partial charge in [-0.2, -0.15) is 0 Å². The average Bonchev–Trinajstić information content (AvgIpc) is 2.67. The Hall–Kier alpha value is -3.41. The van der Waals surface area contributed by atoms with Gasteiger partial charge in [-0.25, -0.2) is 9.97 Å². The SMILES string of the molecule is COc1cccc(Nc2nc(C)cc(C(=O)N(C)c3ccccc3)n2)c1. The zero-order chi connectivity index (χ0) is 18.5. The molecule has 3 rings (SSSR count). The van der Waals surface area contributed by atoms with Crippen LogP contribution in [-0.4, -0.2) is 30.0 Å². The predicted molar refractivity (Wildman–Crippen MR) is 102 cm³/mol. The molecule has 0 unspecified atom stereocenters. The summed E-state index contributed by atoms with van der Waals surface area (Å²) in [5, 5.41) is 3.12. The standard InChI is InChI=1S/C20H20N4O2/c1-14-12-18(19(25)24(2)16-9-5-4-6-10-16)23-20(21-14)22-15-8-7-11-17(13-15)26-3/h4-13H,1-3H3,(H,21,22,23). The quantitative estimate of drug-likeness (QED) is 0.759. The summed E-state index contributed by atoms with van der Waals surface area (Å²) >= 11 is 0. The van der Waals surface area contributed by atoms with Crippen LogP contribution in [0.2, 0.25) is 0 Å². The first kappa shape index (κ1) is 17.4. The van der Waals surface area contributed by atoms with E-state index < -0.39 is 0 Å². The maximum Gasteiger partial charge on any atom is 0.276 e. The molecule has 0 aliphatic heterocycles. The minimum absolute atomic E-state index is 0.199. The summed E-state index contributed by atoms with van der Waals surface area (Å²) in [4.78, 5) is 23.1. The van der Waals surface area contributed by atoms with Crippen LogP contribution in [0, 0.1) is 6.92 Å². The van der Waals surface area contributed by atoms with Gasteiger partial charge >= 0.3 is 0 Å². The molecular weight excluding hydrogens is 328 g/mol. The molecule has 6 heteroatoms. The first-order chi connectivity index (χ1) is 12.6. The highest BCUT2D eigenvalue weighted by atomic mass is 16.5. The maximum absolute atomic E-state index is 12.8. The summed E-state index contributed by atoms with van der Waals surface area (Å²) in [6.45, 7) is 1.83. The van der Waals surface area contributed by atoms with E-state index >= 15 is 0 Å². The number of hydrogen-bond acceptors (Lipinski definition) is 5. The van der Waals surface area contributed by atoms with Crippen molar-refractivity contribution in [2.45, 2.75) is 6.92 Å². The van der Waals surface area contributed by atoms with Crippen LogP contribution in [0.3, 0.4) is 0 Å². The van der Waals surface area contributed by atoms with Crippen LogP contribution >= 0.6 is 0 Å². The lowest BCUT2D eigenvalue weighted by atomic mass is 10.2. The topological polar surface area (TPSA) is 67.3 Å². The van der Waals surface area contributed by atoms with Crippen molar-refractivity contribution in [2.24, 2.45) is 0 Å². The Morgan fingerprint density at radius 3 is 2.54 bits per heavy atom. The number of anilines is 3. The van der Waals surface area contributed by atoms with Crippen molar-refractivity contribution in [3.8, 4) is 5.75 Å². The fourth-order valence-electron chi connectivity index (χ4n) is 2.50. The van der Waals surface area contributed by atoms with Crippen LogP contribution in [0.25, 0.3) is 0 Å². The number of para-hydroxylation sites is 1. The molecule has 6 nitrogen and oxygen atoms in total. The van der Waals surface area contributed by atoms with Crippen LogP contribution in [0.4, 0.5) is 17.3 Å². The van der Waals surface area contributed by atoms with Gasteiger partial charge in [0.05, 0.1) is 7.11 Å². The zero-order valence-corrected chi connectivity index (χ0v) is 14.9. The highest BCUT2D eigenvalue weighted by Crippen LogP contribution is 2.20. The van der Waals surface area contributed by atoms with E-state index in [4.69, 9.17) is 4.74 Å². The van der Waals surface area contributed by atoms with Gasteiger partial charge in [-0.1, -0.05) is 24.3 Å². The number of amides is 1. The Morgan fingerprint density at radius 1 is 1.04 bits per heavy atom. The second-order valence-electron chi connectivity index (χ2n) is 5.77. The minimum Gasteiger partial charge on any atom is -0.497 e. The Balaban J connectivity index is 1.86. The summed E-state index contributed by atoms with van der Waals surface area (Å²) in [6, 6.07) is 18.6. The highest BCUT2D eigenvalue weighted by Gasteiger charge is 2.16. The van der Waals surface area contributed by atoms with Crippen molar-refractivity contribution in [1.29, 1.82) is 0 Å². The molecule has 1 N–H and O–H groups in total. The number of carbonyl (C=O) groups excluding carboxylic acids is 1.